The number of hydrogen-bond acceptors (Lipinski definition) is 2. The first-order valence-corrected chi connectivity index (χ1v) is 8.37. The van der Waals surface area contributed by atoms with E-state index in [4.69, 9.17) is 0 Å². The Morgan fingerprint density at radius 1 is 1.16 bits per heavy atom. The fraction of sp³-hybridized carbons (Fsp3) is 0.250. The first-order chi connectivity index (χ1) is 9.25. The molecule has 1 unspecified atom stereocenters. The van der Waals surface area contributed by atoms with Gasteiger partial charge in [-0.15, -0.1) is 0 Å². The van der Waals surface area contributed by atoms with E-state index >= 15 is 0 Å². The lowest BCUT2D eigenvalue weighted by atomic mass is 10.0. The lowest BCUT2D eigenvalue weighted by molar-refractivity contribution is 0.870. The third-order valence-corrected chi connectivity index (χ3v) is 5.63. The molecule has 1 atom stereocenters. The van der Waals surface area contributed by atoms with Gasteiger partial charge in [-0.2, -0.15) is 11.8 Å². The molecule has 1 aliphatic heterocycles. The van der Waals surface area contributed by atoms with Gasteiger partial charge in [0.2, 0.25) is 0 Å². The first-order valence-electron chi connectivity index (χ1n) is 6.43. The van der Waals surface area contributed by atoms with Gasteiger partial charge in [-0.05, 0) is 45.6 Å². The highest BCUT2D eigenvalue weighted by atomic mass is 79.9. The molecule has 1 nitrogen and oxygen atoms in total. The number of aryl methyl sites for hydroxylation is 1. The Labute approximate surface area is 126 Å². The molecule has 3 heteroatoms. The Kier molecular flexibility index (Phi) is 3.85. The molecule has 0 bridgehead atoms. The van der Waals surface area contributed by atoms with Crippen molar-refractivity contribution in [3.8, 4) is 0 Å². The molecule has 98 valence electrons. The van der Waals surface area contributed by atoms with Crippen LogP contribution in [0.4, 0.5) is 5.69 Å². The van der Waals surface area contributed by atoms with Crippen molar-refractivity contribution < 1.29 is 0 Å². The van der Waals surface area contributed by atoms with Crippen LogP contribution < -0.4 is 5.32 Å². The molecule has 0 saturated carbocycles. The van der Waals surface area contributed by atoms with Crippen molar-refractivity contribution in [3.63, 3.8) is 0 Å². The van der Waals surface area contributed by atoms with Gasteiger partial charge in [-0.25, -0.2) is 0 Å². The van der Waals surface area contributed by atoms with Crippen LogP contribution in [0.3, 0.4) is 0 Å². The highest BCUT2D eigenvalue weighted by molar-refractivity contribution is 9.10. The fourth-order valence-corrected chi connectivity index (χ4v) is 3.93. The van der Waals surface area contributed by atoms with Gasteiger partial charge in [-0.3, -0.25) is 0 Å². The van der Waals surface area contributed by atoms with Crippen LogP contribution in [-0.2, 0) is 5.75 Å². The molecule has 0 fully saturated rings. The number of hydrogen-bond donors (Lipinski definition) is 1. The second-order valence-electron chi connectivity index (χ2n) is 4.85. The normalized spacial score (nSPS) is 17.9. The number of nitrogens with one attached hydrogen (secondary N) is 1. The molecule has 1 aliphatic rings. The summed E-state index contributed by atoms with van der Waals surface area (Å²) < 4.78 is 1.17. The van der Waals surface area contributed by atoms with Gasteiger partial charge in [0.25, 0.3) is 0 Å². The van der Waals surface area contributed by atoms with Gasteiger partial charge in [0.05, 0.1) is 6.04 Å². The number of thioether (sulfide) groups is 1. The molecule has 0 amide bonds. The molecule has 1 heterocycles. The highest BCUT2D eigenvalue weighted by Crippen LogP contribution is 2.36. The van der Waals surface area contributed by atoms with Gasteiger partial charge < -0.3 is 5.32 Å². The molecule has 0 aliphatic carbocycles. The minimum absolute atomic E-state index is 0.396. The van der Waals surface area contributed by atoms with E-state index in [1.165, 1.54) is 26.9 Å². The van der Waals surface area contributed by atoms with Gasteiger partial charge in [-0.1, -0.05) is 36.4 Å². The largest absolute Gasteiger partial charge is 0.376 e. The maximum absolute atomic E-state index is 3.68. The topological polar surface area (TPSA) is 12.0 Å². The average molecular weight is 334 g/mol. The summed E-state index contributed by atoms with van der Waals surface area (Å²) in [5, 5.41) is 3.68. The third kappa shape index (κ3) is 2.67. The van der Waals surface area contributed by atoms with Crippen LogP contribution in [0.25, 0.3) is 0 Å². The summed E-state index contributed by atoms with van der Waals surface area (Å²) in [6.07, 6.45) is 0. The zero-order chi connectivity index (χ0) is 13.2. The minimum Gasteiger partial charge on any atom is -0.376 e. The Balaban J connectivity index is 1.91. The number of anilines is 1. The lowest BCUT2D eigenvalue weighted by Gasteiger charge is -2.27. The average Bonchev–Trinajstić information content (AvgIpc) is 2.44. The number of fused-ring (bicyclic) bond motifs is 1. The third-order valence-electron chi connectivity index (χ3n) is 3.49. The highest BCUT2D eigenvalue weighted by Gasteiger charge is 2.20. The fourth-order valence-electron chi connectivity index (χ4n) is 2.45. The molecule has 19 heavy (non-hydrogen) atoms. The van der Waals surface area contributed by atoms with Crippen LogP contribution in [-0.4, -0.2) is 5.75 Å². The van der Waals surface area contributed by atoms with Gasteiger partial charge in [0.15, 0.2) is 0 Å². The van der Waals surface area contributed by atoms with Gasteiger partial charge in [0, 0.05) is 21.7 Å². The van der Waals surface area contributed by atoms with Crippen LogP contribution in [0.2, 0.25) is 0 Å². The molecule has 2 aromatic rings. The minimum atomic E-state index is 0.396. The Morgan fingerprint density at radius 2 is 2.00 bits per heavy atom. The maximum atomic E-state index is 3.68. The van der Waals surface area contributed by atoms with Crippen molar-refractivity contribution >= 4 is 33.4 Å². The summed E-state index contributed by atoms with van der Waals surface area (Å²) in [5.74, 6) is 2.25. The van der Waals surface area contributed by atoms with Crippen molar-refractivity contribution in [2.75, 3.05) is 11.1 Å². The summed E-state index contributed by atoms with van der Waals surface area (Å²) in [6, 6.07) is 15.5. The summed E-state index contributed by atoms with van der Waals surface area (Å²) in [6.45, 7) is 2.12. The van der Waals surface area contributed by atoms with E-state index in [0.29, 0.717) is 6.04 Å². The Morgan fingerprint density at radius 3 is 2.89 bits per heavy atom. The van der Waals surface area contributed by atoms with E-state index < -0.39 is 0 Å². The van der Waals surface area contributed by atoms with E-state index in [1.54, 1.807) is 0 Å². The van der Waals surface area contributed by atoms with Crippen LogP contribution in [0, 0.1) is 6.92 Å². The SMILES string of the molecule is Cc1cccc(NC2CSCc3ccccc32)c1Br. The number of rotatable bonds is 2. The van der Waals surface area contributed by atoms with E-state index in [0.717, 1.165) is 11.5 Å². The quantitative estimate of drug-likeness (QED) is 0.814. The maximum Gasteiger partial charge on any atom is 0.0607 e. The molecule has 0 aromatic heterocycles. The second kappa shape index (κ2) is 5.59. The molecule has 0 radical (unpaired) electrons. The van der Waals surface area contributed by atoms with Crippen molar-refractivity contribution in [1.82, 2.24) is 0 Å². The van der Waals surface area contributed by atoms with E-state index in [-0.39, 0.29) is 0 Å². The molecule has 0 saturated heterocycles. The summed E-state index contributed by atoms with van der Waals surface area (Å²) in [5.41, 5.74) is 5.35. The van der Waals surface area contributed by atoms with E-state index in [1.807, 2.05) is 11.8 Å². The van der Waals surface area contributed by atoms with Crippen LogP contribution >= 0.6 is 27.7 Å². The van der Waals surface area contributed by atoms with Crippen molar-refractivity contribution in [2.24, 2.45) is 0 Å². The van der Waals surface area contributed by atoms with Crippen molar-refractivity contribution in [1.29, 1.82) is 0 Å². The van der Waals surface area contributed by atoms with Crippen LogP contribution in [0.15, 0.2) is 46.9 Å². The molecule has 1 N–H and O–H groups in total. The monoisotopic (exact) mass is 333 g/mol. The summed E-state index contributed by atoms with van der Waals surface area (Å²) in [7, 11) is 0. The molecular weight excluding hydrogens is 318 g/mol. The standard InChI is InChI=1S/C16H16BrNS/c1-11-5-4-8-14(16(11)17)18-15-10-19-9-12-6-2-3-7-13(12)15/h2-8,15,18H,9-10H2,1H3. The molecule has 0 spiro atoms. The smallest absolute Gasteiger partial charge is 0.0607 e. The van der Waals surface area contributed by atoms with Gasteiger partial charge >= 0.3 is 0 Å². The number of halogens is 1. The zero-order valence-corrected chi connectivity index (χ0v) is 13.2. The Bertz CT molecular complexity index is 597. The van der Waals surface area contributed by atoms with Crippen LogP contribution in [0.1, 0.15) is 22.7 Å². The van der Waals surface area contributed by atoms with Crippen molar-refractivity contribution in [3.05, 3.63) is 63.6 Å². The number of benzene rings is 2. The predicted octanol–water partition coefficient (Wildman–Crippen LogP) is 5.16. The zero-order valence-electron chi connectivity index (χ0n) is 10.8. The van der Waals surface area contributed by atoms with Crippen LogP contribution in [0.5, 0.6) is 0 Å². The van der Waals surface area contributed by atoms with E-state index in [9.17, 15) is 0 Å². The second-order valence-corrected chi connectivity index (χ2v) is 6.67. The molecular formula is C16H16BrNS. The van der Waals surface area contributed by atoms with Crippen molar-refractivity contribution in [2.45, 2.75) is 18.7 Å². The molecule has 2 aromatic carbocycles. The summed E-state index contributed by atoms with van der Waals surface area (Å²) >= 11 is 5.67. The van der Waals surface area contributed by atoms with Gasteiger partial charge in [0.1, 0.15) is 0 Å². The molecule has 3 rings (SSSR count). The first kappa shape index (κ1) is 13.1. The Hall–Kier alpha value is -0.930. The predicted molar refractivity (Wildman–Crippen MR) is 87.8 cm³/mol. The summed E-state index contributed by atoms with van der Waals surface area (Å²) in [4.78, 5) is 0. The van der Waals surface area contributed by atoms with E-state index in [2.05, 4.69) is 70.6 Å². The lowest BCUT2D eigenvalue weighted by Crippen LogP contribution is -2.19.